The molecule has 0 aliphatic carbocycles. The Morgan fingerprint density at radius 3 is 2.39 bits per heavy atom. The second kappa shape index (κ2) is 10.0. The van der Waals surface area contributed by atoms with E-state index in [2.05, 4.69) is 10.4 Å². The molecule has 0 aliphatic rings. The maximum absolute atomic E-state index is 14.0. The average Bonchev–Trinajstić information content (AvgIpc) is 3.15. The van der Waals surface area contributed by atoms with E-state index >= 15 is 0 Å². The molecule has 0 spiro atoms. The summed E-state index contributed by atoms with van der Waals surface area (Å²) in [6.07, 6.45) is 1.48. The van der Waals surface area contributed by atoms with Crippen molar-refractivity contribution >= 4 is 34.9 Å². The first-order valence-corrected chi connectivity index (χ1v) is 10.6. The SMILES string of the molecule is O=C(Nc1nn(Cc2c(F)cccc2Cl)cc1Cl)c1ccc(COc2ccc(F)cc2)cc1. The molecule has 1 amide bonds. The van der Waals surface area contributed by atoms with Crippen LogP contribution in [0, 0.1) is 11.6 Å². The molecule has 5 nitrogen and oxygen atoms in total. The van der Waals surface area contributed by atoms with Gasteiger partial charge < -0.3 is 10.1 Å². The summed E-state index contributed by atoms with van der Waals surface area (Å²) in [5.74, 6) is -0.503. The minimum Gasteiger partial charge on any atom is -0.489 e. The third-order valence-electron chi connectivity index (χ3n) is 4.77. The lowest BCUT2D eigenvalue weighted by Crippen LogP contribution is -2.13. The second-order valence-electron chi connectivity index (χ2n) is 7.12. The van der Waals surface area contributed by atoms with E-state index in [1.54, 1.807) is 42.5 Å². The average molecular weight is 488 g/mol. The number of hydrogen-bond donors (Lipinski definition) is 1. The second-order valence-corrected chi connectivity index (χ2v) is 7.93. The molecule has 33 heavy (non-hydrogen) atoms. The van der Waals surface area contributed by atoms with Crippen LogP contribution in [0.2, 0.25) is 10.0 Å². The number of anilines is 1. The molecule has 0 aliphatic heterocycles. The van der Waals surface area contributed by atoms with Crippen LogP contribution in [0.1, 0.15) is 21.5 Å². The van der Waals surface area contributed by atoms with Crippen molar-refractivity contribution in [2.24, 2.45) is 0 Å². The Morgan fingerprint density at radius 2 is 1.70 bits per heavy atom. The number of aromatic nitrogens is 2. The predicted octanol–water partition coefficient (Wildman–Crippen LogP) is 6.35. The number of nitrogens with one attached hydrogen (secondary N) is 1. The highest BCUT2D eigenvalue weighted by Crippen LogP contribution is 2.24. The van der Waals surface area contributed by atoms with Gasteiger partial charge >= 0.3 is 0 Å². The number of carbonyl (C=O) groups excluding carboxylic acids is 1. The van der Waals surface area contributed by atoms with Gasteiger partial charge in [-0.2, -0.15) is 5.10 Å². The van der Waals surface area contributed by atoms with Crippen LogP contribution in [0.5, 0.6) is 5.75 Å². The van der Waals surface area contributed by atoms with Crippen molar-refractivity contribution in [1.82, 2.24) is 9.78 Å². The molecule has 0 saturated carbocycles. The highest BCUT2D eigenvalue weighted by Gasteiger charge is 2.15. The summed E-state index contributed by atoms with van der Waals surface area (Å²) in [5.41, 5.74) is 1.50. The number of hydrogen-bond acceptors (Lipinski definition) is 3. The molecule has 4 rings (SSSR count). The molecule has 9 heteroatoms. The van der Waals surface area contributed by atoms with Gasteiger partial charge in [-0.15, -0.1) is 0 Å². The third-order valence-corrected chi connectivity index (χ3v) is 5.40. The summed E-state index contributed by atoms with van der Waals surface area (Å²) in [7, 11) is 0. The predicted molar refractivity (Wildman–Crippen MR) is 123 cm³/mol. The van der Waals surface area contributed by atoms with Crippen LogP contribution in [0.3, 0.4) is 0 Å². The number of nitrogens with zero attached hydrogens (tertiary/aromatic N) is 2. The van der Waals surface area contributed by atoms with Crippen LogP contribution >= 0.6 is 23.2 Å². The van der Waals surface area contributed by atoms with E-state index in [0.29, 0.717) is 11.3 Å². The lowest BCUT2D eigenvalue weighted by Gasteiger charge is -2.08. The fraction of sp³-hybridized carbons (Fsp3) is 0.0833. The van der Waals surface area contributed by atoms with Gasteiger partial charge in [-0.1, -0.05) is 41.4 Å². The largest absolute Gasteiger partial charge is 0.489 e. The van der Waals surface area contributed by atoms with E-state index in [1.807, 2.05) is 0 Å². The van der Waals surface area contributed by atoms with E-state index in [9.17, 15) is 13.6 Å². The van der Waals surface area contributed by atoms with Crippen molar-refractivity contribution in [3.8, 4) is 5.75 Å². The third kappa shape index (κ3) is 5.69. The molecule has 0 radical (unpaired) electrons. The Bertz CT molecular complexity index is 1260. The number of halogens is 4. The fourth-order valence-corrected chi connectivity index (χ4v) is 3.46. The van der Waals surface area contributed by atoms with Gasteiger partial charge in [0.2, 0.25) is 0 Å². The molecule has 3 aromatic carbocycles. The Hall–Kier alpha value is -3.42. The molecule has 1 aromatic heterocycles. The van der Waals surface area contributed by atoms with Crippen molar-refractivity contribution < 1.29 is 18.3 Å². The highest BCUT2D eigenvalue weighted by molar-refractivity contribution is 6.33. The Balaban J connectivity index is 1.38. The molecule has 1 N–H and O–H groups in total. The minimum absolute atomic E-state index is 0.0594. The van der Waals surface area contributed by atoms with Crippen molar-refractivity contribution in [2.45, 2.75) is 13.2 Å². The Kier molecular flexibility index (Phi) is 6.91. The molecule has 0 fully saturated rings. The smallest absolute Gasteiger partial charge is 0.256 e. The molecule has 168 valence electrons. The molecule has 0 bridgehead atoms. The maximum Gasteiger partial charge on any atom is 0.256 e. The highest BCUT2D eigenvalue weighted by atomic mass is 35.5. The summed E-state index contributed by atoms with van der Waals surface area (Å²) in [6, 6.07) is 16.9. The van der Waals surface area contributed by atoms with Gasteiger partial charge in [-0.25, -0.2) is 8.78 Å². The molecule has 4 aromatic rings. The fourth-order valence-electron chi connectivity index (χ4n) is 3.04. The maximum atomic E-state index is 14.0. The van der Waals surface area contributed by atoms with Gasteiger partial charge in [0.1, 0.15) is 29.0 Å². The first-order valence-electron chi connectivity index (χ1n) is 9.83. The number of benzene rings is 3. The Morgan fingerprint density at radius 1 is 0.970 bits per heavy atom. The monoisotopic (exact) mass is 487 g/mol. The molecule has 0 unspecified atom stereocenters. The Labute approximate surface area is 198 Å². The van der Waals surface area contributed by atoms with E-state index in [0.717, 1.165) is 5.56 Å². The van der Waals surface area contributed by atoms with E-state index in [4.69, 9.17) is 27.9 Å². The van der Waals surface area contributed by atoms with Gasteiger partial charge in [0, 0.05) is 22.3 Å². The van der Waals surface area contributed by atoms with Crippen molar-refractivity contribution in [3.63, 3.8) is 0 Å². The van der Waals surface area contributed by atoms with Crippen LogP contribution in [0.25, 0.3) is 0 Å². The van der Waals surface area contributed by atoms with Crippen LogP contribution in [0.15, 0.2) is 72.9 Å². The van der Waals surface area contributed by atoms with Crippen LogP contribution in [-0.4, -0.2) is 15.7 Å². The molecule has 0 saturated heterocycles. The zero-order valence-corrected chi connectivity index (χ0v) is 18.6. The summed E-state index contributed by atoms with van der Waals surface area (Å²) >= 11 is 12.3. The van der Waals surface area contributed by atoms with E-state index in [1.165, 1.54) is 35.1 Å². The van der Waals surface area contributed by atoms with Gasteiger partial charge in [-0.3, -0.25) is 9.48 Å². The number of carbonyl (C=O) groups is 1. The lowest BCUT2D eigenvalue weighted by molar-refractivity contribution is 0.102. The van der Waals surface area contributed by atoms with Crippen molar-refractivity contribution in [2.75, 3.05) is 5.32 Å². The van der Waals surface area contributed by atoms with Gasteiger partial charge in [-0.05, 0) is 54.1 Å². The summed E-state index contributed by atoms with van der Waals surface area (Å²) in [6.45, 7) is 0.326. The minimum atomic E-state index is -0.455. The van der Waals surface area contributed by atoms with Crippen molar-refractivity contribution in [3.05, 3.63) is 111 Å². The number of amides is 1. The van der Waals surface area contributed by atoms with Crippen LogP contribution in [0.4, 0.5) is 14.6 Å². The molecule has 0 atom stereocenters. The quantitative estimate of drug-likeness (QED) is 0.330. The topological polar surface area (TPSA) is 56.2 Å². The molecular formula is C24H17Cl2F2N3O2. The zero-order chi connectivity index (χ0) is 23.4. The van der Waals surface area contributed by atoms with E-state index < -0.39 is 11.7 Å². The first kappa shape index (κ1) is 22.8. The normalized spacial score (nSPS) is 10.8. The van der Waals surface area contributed by atoms with E-state index in [-0.39, 0.29) is 40.4 Å². The van der Waals surface area contributed by atoms with Gasteiger partial charge in [0.15, 0.2) is 5.82 Å². The van der Waals surface area contributed by atoms with Crippen LogP contribution < -0.4 is 10.1 Å². The summed E-state index contributed by atoms with van der Waals surface area (Å²) < 4.78 is 34.0. The lowest BCUT2D eigenvalue weighted by atomic mass is 10.1. The summed E-state index contributed by atoms with van der Waals surface area (Å²) in [4.78, 5) is 12.6. The standard InChI is InChI=1S/C24H17Cl2F2N3O2/c25-20-2-1-3-22(28)19(20)12-31-13-21(26)23(30-31)29-24(32)16-6-4-15(5-7-16)14-33-18-10-8-17(27)9-11-18/h1-11,13H,12,14H2,(H,29,30,32). The van der Waals surface area contributed by atoms with Gasteiger partial charge in [0.25, 0.3) is 5.91 Å². The molecular weight excluding hydrogens is 471 g/mol. The van der Waals surface area contributed by atoms with Crippen molar-refractivity contribution in [1.29, 1.82) is 0 Å². The first-order chi connectivity index (χ1) is 15.9. The molecule has 1 heterocycles. The number of rotatable bonds is 7. The number of ether oxygens (including phenoxy) is 1. The van der Waals surface area contributed by atoms with Gasteiger partial charge in [0.05, 0.1) is 6.54 Å². The van der Waals surface area contributed by atoms with Crippen LogP contribution in [-0.2, 0) is 13.2 Å². The zero-order valence-electron chi connectivity index (χ0n) is 17.1. The summed E-state index contributed by atoms with van der Waals surface area (Å²) in [5, 5.41) is 7.35.